The minimum atomic E-state index is -0.0985. The van der Waals surface area contributed by atoms with Crippen LogP contribution in [0.3, 0.4) is 0 Å². The molecule has 0 aliphatic carbocycles. The molecule has 0 spiro atoms. The summed E-state index contributed by atoms with van der Waals surface area (Å²) in [6, 6.07) is 0. The molecule has 0 bridgehead atoms. The Morgan fingerprint density at radius 2 is 1.96 bits per heavy atom. The maximum absolute atomic E-state index is 12.5. The third-order valence-electron chi connectivity index (χ3n) is 4.89. The quantitative estimate of drug-likeness (QED) is 0.765. The van der Waals surface area contributed by atoms with Crippen LogP contribution in [-0.4, -0.2) is 61.3 Å². The van der Waals surface area contributed by atoms with E-state index in [1.54, 1.807) is 0 Å². The van der Waals surface area contributed by atoms with Crippen LogP contribution in [0.25, 0.3) is 0 Å². The molecular weight excluding hydrogens is 354 g/mol. The fourth-order valence-electron chi connectivity index (χ4n) is 3.70. The first kappa shape index (κ1) is 20.5. The van der Waals surface area contributed by atoms with Gasteiger partial charge in [0.25, 0.3) is 5.91 Å². The van der Waals surface area contributed by atoms with E-state index in [1.807, 2.05) is 24.7 Å². The van der Waals surface area contributed by atoms with Gasteiger partial charge in [-0.05, 0) is 25.7 Å². The lowest BCUT2D eigenvalue weighted by Crippen LogP contribution is -2.35. The SMILES string of the molecule is Cc1nc(C)n(CCCNC(=O)c2cn3c(n2)CCN(CC(C)(C)C)CC3)n1. The normalized spacial score (nSPS) is 15.3. The monoisotopic (exact) mass is 387 g/mol. The zero-order valence-electron chi connectivity index (χ0n) is 17.8. The molecule has 28 heavy (non-hydrogen) atoms. The van der Waals surface area contributed by atoms with Gasteiger partial charge in [-0.15, -0.1) is 0 Å². The summed E-state index contributed by atoms with van der Waals surface area (Å²) in [6.45, 7) is 15.9. The standard InChI is InChI=1S/C20H33N7O/c1-15-22-16(2)27(24-15)9-6-8-21-19(28)17-13-26-12-11-25(14-20(3,4)5)10-7-18(26)23-17/h13H,6-12,14H2,1-5H3,(H,21,28). The van der Waals surface area contributed by atoms with Crippen molar-refractivity contribution in [1.82, 2.24) is 34.5 Å². The van der Waals surface area contributed by atoms with Crippen molar-refractivity contribution < 1.29 is 4.79 Å². The van der Waals surface area contributed by atoms with Crippen molar-refractivity contribution in [2.75, 3.05) is 26.2 Å². The second-order valence-corrected chi connectivity index (χ2v) is 8.86. The topological polar surface area (TPSA) is 80.9 Å². The zero-order valence-corrected chi connectivity index (χ0v) is 17.8. The molecule has 0 aromatic carbocycles. The summed E-state index contributed by atoms with van der Waals surface area (Å²) in [7, 11) is 0. The second-order valence-electron chi connectivity index (χ2n) is 8.86. The average Bonchev–Trinajstić information content (AvgIpc) is 3.10. The Labute approximate surface area is 167 Å². The predicted molar refractivity (Wildman–Crippen MR) is 108 cm³/mol. The Balaban J connectivity index is 1.47. The van der Waals surface area contributed by atoms with Gasteiger partial charge in [-0.1, -0.05) is 20.8 Å². The second kappa shape index (κ2) is 8.43. The molecule has 0 unspecified atom stereocenters. The lowest BCUT2D eigenvalue weighted by molar-refractivity contribution is 0.0947. The van der Waals surface area contributed by atoms with E-state index in [4.69, 9.17) is 0 Å². The summed E-state index contributed by atoms with van der Waals surface area (Å²) in [5, 5.41) is 7.31. The van der Waals surface area contributed by atoms with Crippen LogP contribution in [0.1, 0.15) is 55.2 Å². The number of hydrogen-bond acceptors (Lipinski definition) is 5. The van der Waals surface area contributed by atoms with Gasteiger partial charge in [0.15, 0.2) is 0 Å². The molecule has 0 radical (unpaired) electrons. The summed E-state index contributed by atoms with van der Waals surface area (Å²) < 4.78 is 4.02. The van der Waals surface area contributed by atoms with E-state index < -0.39 is 0 Å². The number of rotatable bonds is 6. The first-order valence-electron chi connectivity index (χ1n) is 10.2. The Morgan fingerprint density at radius 3 is 2.64 bits per heavy atom. The number of fused-ring (bicyclic) bond motifs is 1. The van der Waals surface area contributed by atoms with E-state index in [1.165, 1.54) is 0 Å². The molecule has 3 rings (SSSR count). The molecule has 3 heterocycles. The summed E-state index contributed by atoms with van der Waals surface area (Å²) in [5.74, 6) is 2.60. The molecule has 1 aliphatic rings. The molecule has 8 nitrogen and oxygen atoms in total. The van der Waals surface area contributed by atoms with Crippen LogP contribution >= 0.6 is 0 Å². The molecule has 1 N–H and O–H groups in total. The van der Waals surface area contributed by atoms with E-state index in [0.717, 1.165) is 63.0 Å². The maximum atomic E-state index is 12.5. The Bertz CT molecular complexity index is 790. The molecule has 1 aliphatic heterocycles. The molecule has 0 saturated carbocycles. The number of amides is 1. The highest BCUT2D eigenvalue weighted by Crippen LogP contribution is 2.17. The zero-order chi connectivity index (χ0) is 20.3. The highest BCUT2D eigenvalue weighted by Gasteiger charge is 2.21. The molecule has 2 aromatic heterocycles. The molecule has 0 atom stereocenters. The van der Waals surface area contributed by atoms with Gasteiger partial charge < -0.3 is 14.8 Å². The predicted octanol–water partition coefficient (Wildman–Crippen LogP) is 1.82. The van der Waals surface area contributed by atoms with Crippen LogP contribution in [0, 0.1) is 19.3 Å². The van der Waals surface area contributed by atoms with E-state index in [-0.39, 0.29) is 5.91 Å². The Hall–Kier alpha value is -2.22. The summed E-state index contributed by atoms with van der Waals surface area (Å²) >= 11 is 0. The number of hydrogen-bond donors (Lipinski definition) is 1. The van der Waals surface area contributed by atoms with Gasteiger partial charge in [0, 0.05) is 51.9 Å². The molecule has 154 valence electrons. The first-order valence-corrected chi connectivity index (χ1v) is 10.2. The van der Waals surface area contributed by atoms with Crippen molar-refractivity contribution in [2.45, 2.75) is 60.5 Å². The number of aryl methyl sites for hydroxylation is 3. The lowest BCUT2D eigenvalue weighted by atomic mass is 9.96. The van der Waals surface area contributed by atoms with Gasteiger partial charge in [0.05, 0.1) is 0 Å². The summed E-state index contributed by atoms with van der Waals surface area (Å²) in [5.41, 5.74) is 0.813. The number of carbonyl (C=O) groups is 1. The Kier molecular flexibility index (Phi) is 6.17. The van der Waals surface area contributed by atoms with Crippen molar-refractivity contribution in [1.29, 1.82) is 0 Å². The van der Waals surface area contributed by atoms with E-state index in [0.29, 0.717) is 17.7 Å². The van der Waals surface area contributed by atoms with Gasteiger partial charge in [0.2, 0.25) is 0 Å². The fourth-order valence-corrected chi connectivity index (χ4v) is 3.70. The molecule has 8 heteroatoms. The van der Waals surface area contributed by atoms with Crippen molar-refractivity contribution >= 4 is 5.91 Å². The van der Waals surface area contributed by atoms with Crippen molar-refractivity contribution in [3.8, 4) is 0 Å². The molecule has 0 saturated heterocycles. The molecule has 0 fully saturated rings. The highest BCUT2D eigenvalue weighted by atomic mass is 16.1. The van der Waals surface area contributed by atoms with Gasteiger partial charge in [0.1, 0.15) is 23.2 Å². The smallest absolute Gasteiger partial charge is 0.271 e. The van der Waals surface area contributed by atoms with Gasteiger partial charge in [-0.25, -0.2) is 9.97 Å². The highest BCUT2D eigenvalue weighted by molar-refractivity contribution is 5.92. The van der Waals surface area contributed by atoms with Crippen LogP contribution in [-0.2, 0) is 19.5 Å². The van der Waals surface area contributed by atoms with Gasteiger partial charge in [-0.3, -0.25) is 9.48 Å². The Morgan fingerprint density at radius 1 is 1.18 bits per heavy atom. The van der Waals surface area contributed by atoms with Crippen LogP contribution in [0.5, 0.6) is 0 Å². The number of carbonyl (C=O) groups excluding carboxylic acids is 1. The van der Waals surface area contributed by atoms with E-state index >= 15 is 0 Å². The first-order chi connectivity index (χ1) is 13.2. The third kappa shape index (κ3) is 5.41. The largest absolute Gasteiger partial charge is 0.351 e. The van der Waals surface area contributed by atoms with Crippen LogP contribution < -0.4 is 5.32 Å². The fraction of sp³-hybridized carbons (Fsp3) is 0.700. The van der Waals surface area contributed by atoms with E-state index in [2.05, 4.69) is 50.6 Å². The van der Waals surface area contributed by atoms with Crippen LogP contribution in [0.4, 0.5) is 0 Å². The van der Waals surface area contributed by atoms with Crippen LogP contribution in [0.15, 0.2) is 6.20 Å². The number of imidazole rings is 1. The van der Waals surface area contributed by atoms with Gasteiger partial charge in [-0.2, -0.15) is 5.10 Å². The van der Waals surface area contributed by atoms with Crippen LogP contribution in [0.2, 0.25) is 0 Å². The lowest BCUT2D eigenvalue weighted by Gasteiger charge is -2.28. The van der Waals surface area contributed by atoms with Gasteiger partial charge >= 0.3 is 0 Å². The molecule has 2 aromatic rings. The maximum Gasteiger partial charge on any atom is 0.271 e. The number of nitrogens with zero attached hydrogens (tertiary/aromatic N) is 6. The van der Waals surface area contributed by atoms with Crippen molar-refractivity contribution in [2.24, 2.45) is 5.41 Å². The summed E-state index contributed by atoms with van der Waals surface area (Å²) in [6.07, 6.45) is 3.59. The number of nitrogens with one attached hydrogen (secondary N) is 1. The van der Waals surface area contributed by atoms with Crippen molar-refractivity contribution in [3.63, 3.8) is 0 Å². The third-order valence-corrected chi connectivity index (χ3v) is 4.89. The average molecular weight is 388 g/mol. The number of aromatic nitrogens is 5. The van der Waals surface area contributed by atoms with Crippen molar-refractivity contribution in [3.05, 3.63) is 29.4 Å². The van der Waals surface area contributed by atoms with E-state index in [9.17, 15) is 4.79 Å². The minimum Gasteiger partial charge on any atom is -0.351 e. The minimum absolute atomic E-state index is 0.0985. The molecule has 1 amide bonds. The summed E-state index contributed by atoms with van der Waals surface area (Å²) in [4.78, 5) is 23.8. The molecular formula is C20H33N7O.